The number of benzene rings is 2. The zero-order valence-electron chi connectivity index (χ0n) is 15.5. The first-order chi connectivity index (χ1) is 12.9. The fourth-order valence-electron chi connectivity index (χ4n) is 2.66. The van der Waals surface area contributed by atoms with E-state index in [9.17, 15) is 4.79 Å². The number of hydrogen-bond donors (Lipinski definition) is 0. The summed E-state index contributed by atoms with van der Waals surface area (Å²) in [5, 5.41) is 9.27. The van der Waals surface area contributed by atoms with Gasteiger partial charge in [-0.2, -0.15) is 0 Å². The quantitative estimate of drug-likeness (QED) is 0.531. The molecule has 0 fully saturated rings. The highest BCUT2D eigenvalue weighted by atomic mass is 79.9. The van der Waals surface area contributed by atoms with E-state index in [-0.39, 0.29) is 5.91 Å². The molecule has 0 N–H and O–H groups in total. The number of aryl methyl sites for hydroxylation is 1. The van der Waals surface area contributed by atoms with Gasteiger partial charge in [0.2, 0.25) is 5.91 Å². The largest absolute Gasteiger partial charge is 0.341 e. The maximum atomic E-state index is 12.5. The molecule has 140 valence electrons. The van der Waals surface area contributed by atoms with Crippen molar-refractivity contribution in [2.75, 3.05) is 12.8 Å². The lowest BCUT2D eigenvalue weighted by Crippen LogP contribution is -2.27. The lowest BCUT2D eigenvalue weighted by molar-refractivity contribution is -0.127. The third kappa shape index (κ3) is 4.99. The number of amides is 1. The number of thioether (sulfide) groups is 1. The summed E-state index contributed by atoms with van der Waals surface area (Å²) in [4.78, 5) is 14.2. The first-order valence-electron chi connectivity index (χ1n) is 8.51. The van der Waals surface area contributed by atoms with Crippen molar-refractivity contribution in [3.05, 3.63) is 64.1 Å². The Morgan fingerprint density at radius 1 is 1.19 bits per heavy atom. The second-order valence-electron chi connectivity index (χ2n) is 6.40. The summed E-state index contributed by atoms with van der Waals surface area (Å²) in [6, 6.07) is 16.1. The molecule has 0 radical (unpaired) electrons. The molecule has 7 heteroatoms. The number of carbonyl (C=O) groups excluding carboxylic acids is 1. The van der Waals surface area contributed by atoms with Gasteiger partial charge in [-0.1, -0.05) is 63.6 Å². The van der Waals surface area contributed by atoms with E-state index < -0.39 is 0 Å². The molecule has 5 nitrogen and oxygen atoms in total. The molecule has 0 aliphatic heterocycles. The number of nitrogens with zero attached hydrogens (tertiary/aromatic N) is 4. The standard InChI is InChI=1S/C20H21BrN4OS/c1-14-5-4-6-16(11-14)19-22-23-20(25(19)3)27-13-18(26)24(2)12-15-7-9-17(21)10-8-15/h4-11H,12-13H2,1-3H3. The smallest absolute Gasteiger partial charge is 0.233 e. The summed E-state index contributed by atoms with van der Waals surface area (Å²) in [7, 11) is 3.75. The molecular formula is C20H21BrN4OS. The predicted octanol–water partition coefficient (Wildman–Crippen LogP) is 4.30. The van der Waals surface area contributed by atoms with E-state index in [1.54, 1.807) is 4.90 Å². The first kappa shape index (κ1) is 19.6. The molecule has 1 aromatic heterocycles. The van der Waals surface area contributed by atoms with Crippen LogP contribution in [0.2, 0.25) is 0 Å². The molecule has 3 rings (SSSR count). The van der Waals surface area contributed by atoms with E-state index in [0.29, 0.717) is 12.3 Å². The molecule has 0 spiro atoms. The summed E-state index contributed by atoms with van der Waals surface area (Å²) in [5.74, 6) is 1.19. The van der Waals surface area contributed by atoms with Crippen molar-refractivity contribution < 1.29 is 4.79 Å². The van der Waals surface area contributed by atoms with Crippen LogP contribution < -0.4 is 0 Å². The van der Waals surface area contributed by atoms with Crippen molar-refractivity contribution >= 4 is 33.6 Å². The Balaban J connectivity index is 1.61. The molecule has 27 heavy (non-hydrogen) atoms. The Hall–Kier alpha value is -2.12. The highest BCUT2D eigenvalue weighted by molar-refractivity contribution is 9.10. The molecule has 0 atom stereocenters. The monoisotopic (exact) mass is 444 g/mol. The van der Waals surface area contributed by atoms with E-state index in [0.717, 1.165) is 26.6 Å². The summed E-state index contributed by atoms with van der Waals surface area (Å²) in [5.41, 5.74) is 3.30. The molecular weight excluding hydrogens is 424 g/mol. The van der Waals surface area contributed by atoms with E-state index >= 15 is 0 Å². The van der Waals surface area contributed by atoms with Crippen LogP contribution in [-0.2, 0) is 18.4 Å². The van der Waals surface area contributed by atoms with Crippen molar-refractivity contribution in [2.45, 2.75) is 18.6 Å². The Bertz CT molecular complexity index is 939. The maximum Gasteiger partial charge on any atom is 0.233 e. The van der Waals surface area contributed by atoms with Crippen molar-refractivity contribution in [2.24, 2.45) is 7.05 Å². The van der Waals surface area contributed by atoms with Crippen LogP contribution in [0.3, 0.4) is 0 Å². The van der Waals surface area contributed by atoms with Crippen LogP contribution in [0.15, 0.2) is 58.2 Å². The molecule has 0 aliphatic rings. The van der Waals surface area contributed by atoms with Crippen molar-refractivity contribution in [3.63, 3.8) is 0 Å². The van der Waals surface area contributed by atoms with Crippen LogP contribution in [0.5, 0.6) is 0 Å². The van der Waals surface area contributed by atoms with E-state index in [1.165, 1.54) is 17.3 Å². The SMILES string of the molecule is Cc1cccc(-c2nnc(SCC(=O)N(C)Cc3ccc(Br)cc3)n2C)c1. The lowest BCUT2D eigenvalue weighted by atomic mass is 10.1. The van der Waals surface area contributed by atoms with Crippen LogP contribution >= 0.6 is 27.7 Å². The second-order valence-corrected chi connectivity index (χ2v) is 8.26. The molecule has 0 bridgehead atoms. The third-order valence-electron chi connectivity index (χ3n) is 4.19. The molecule has 0 saturated heterocycles. The van der Waals surface area contributed by atoms with Gasteiger partial charge in [0.25, 0.3) is 0 Å². The fraction of sp³-hybridized carbons (Fsp3) is 0.250. The number of aromatic nitrogens is 3. The highest BCUT2D eigenvalue weighted by Crippen LogP contribution is 2.23. The van der Waals surface area contributed by atoms with Gasteiger partial charge in [-0.05, 0) is 30.7 Å². The normalized spacial score (nSPS) is 10.8. The van der Waals surface area contributed by atoms with Gasteiger partial charge in [0, 0.05) is 30.7 Å². The van der Waals surface area contributed by atoms with Gasteiger partial charge in [-0.15, -0.1) is 10.2 Å². The van der Waals surface area contributed by atoms with Gasteiger partial charge in [0.05, 0.1) is 5.75 Å². The minimum atomic E-state index is 0.0584. The average Bonchev–Trinajstić information content (AvgIpc) is 3.02. The maximum absolute atomic E-state index is 12.5. The van der Waals surface area contributed by atoms with E-state index in [1.807, 2.05) is 55.1 Å². The van der Waals surface area contributed by atoms with Crippen molar-refractivity contribution in [1.29, 1.82) is 0 Å². The first-order valence-corrected chi connectivity index (χ1v) is 10.3. The molecule has 1 heterocycles. The number of halogens is 1. The minimum absolute atomic E-state index is 0.0584. The molecule has 1 amide bonds. The van der Waals surface area contributed by atoms with Gasteiger partial charge in [-0.3, -0.25) is 4.79 Å². The van der Waals surface area contributed by atoms with Crippen LogP contribution in [0, 0.1) is 6.92 Å². The number of rotatable bonds is 6. The molecule has 2 aromatic carbocycles. The van der Waals surface area contributed by atoms with Crippen LogP contribution in [-0.4, -0.2) is 38.4 Å². The number of hydrogen-bond acceptors (Lipinski definition) is 4. The van der Waals surface area contributed by atoms with Gasteiger partial charge < -0.3 is 9.47 Å². The van der Waals surface area contributed by atoms with Gasteiger partial charge >= 0.3 is 0 Å². The minimum Gasteiger partial charge on any atom is -0.341 e. The molecule has 0 unspecified atom stereocenters. The summed E-state index contributed by atoms with van der Waals surface area (Å²) >= 11 is 4.83. The van der Waals surface area contributed by atoms with E-state index in [2.05, 4.69) is 45.2 Å². The van der Waals surface area contributed by atoms with Crippen LogP contribution in [0.1, 0.15) is 11.1 Å². The number of carbonyl (C=O) groups is 1. The fourth-order valence-corrected chi connectivity index (χ4v) is 3.78. The van der Waals surface area contributed by atoms with Crippen molar-refractivity contribution in [3.8, 4) is 11.4 Å². The summed E-state index contributed by atoms with van der Waals surface area (Å²) in [6.07, 6.45) is 0. The van der Waals surface area contributed by atoms with Gasteiger partial charge in [0.1, 0.15) is 0 Å². The predicted molar refractivity (Wildman–Crippen MR) is 113 cm³/mol. The Morgan fingerprint density at radius 2 is 1.93 bits per heavy atom. The van der Waals surface area contributed by atoms with E-state index in [4.69, 9.17) is 0 Å². The molecule has 0 saturated carbocycles. The zero-order chi connectivity index (χ0) is 19.4. The Kier molecular flexibility index (Phi) is 6.34. The second kappa shape index (κ2) is 8.71. The zero-order valence-corrected chi connectivity index (χ0v) is 17.9. The highest BCUT2D eigenvalue weighted by Gasteiger charge is 2.15. The van der Waals surface area contributed by atoms with Crippen molar-refractivity contribution in [1.82, 2.24) is 19.7 Å². The summed E-state index contributed by atoms with van der Waals surface area (Å²) < 4.78 is 2.96. The average molecular weight is 445 g/mol. The Labute approximate surface area is 171 Å². The summed E-state index contributed by atoms with van der Waals surface area (Å²) in [6.45, 7) is 2.63. The van der Waals surface area contributed by atoms with Crippen LogP contribution in [0.25, 0.3) is 11.4 Å². The topological polar surface area (TPSA) is 51.0 Å². The molecule has 0 aliphatic carbocycles. The third-order valence-corrected chi connectivity index (χ3v) is 5.73. The van der Waals surface area contributed by atoms with Crippen LogP contribution in [0.4, 0.5) is 0 Å². The Morgan fingerprint density at radius 3 is 2.63 bits per heavy atom. The van der Waals surface area contributed by atoms with Gasteiger partial charge in [-0.25, -0.2) is 0 Å². The van der Waals surface area contributed by atoms with Gasteiger partial charge in [0.15, 0.2) is 11.0 Å². The lowest BCUT2D eigenvalue weighted by Gasteiger charge is -2.17. The molecule has 3 aromatic rings.